The van der Waals surface area contributed by atoms with Crippen LogP contribution < -0.4 is 4.90 Å². The van der Waals surface area contributed by atoms with Crippen molar-refractivity contribution in [1.29, 1.82) is 0 Å². The van der Waals surface area contributed by atoms with Gasteiger partial charge in [0.1, 0.15) is 5.82 Å². The van der Waals surface area contributed by atoms with E-state index in [0.717, 1.165) is 33.5 Å². The van der Waals surface area contributed by atoms with Gasteiger partial charge < -0.3 is 4.90 Å². The first-order valence-corrected chi connectivity index (χ1v) is 13.9. The van der Waals surface area contributed by atoms with Gasteiger partial charge in [0, 0.05) is 32.1 Å². The molecule has 3 aromatic rings. The number of fused-ring (bicyclic) bond motifs is 1. The average molecular weight is 519 g/mol. The zero-order chi connectivity index (χ0) is 25.3. The van der Waals surface area contributed by atoms with Crippen LogP contribution in [0.15, 0.2) is 41.3 Å². The van der Waals surface area contributed by atoms with E-state index in [4.69, 9.17) is 4.98 Å². The van der Waals surface area contributed by atoms with Crippen molar-refractivity contribution in [2.45, 2.75) is 31.6 Å². The van der Waals surface area contributed by atoms with Gasteiger partial charge in [0.05, 0.1) is 15.1 Å². The lowest BCUT2D eigenvalue weighted by Gasteiger charge is -2.33. The number of halogens is 1. The second-order valence-corrected chi connectivity index (χ2v) is 12.3. The second-order valence-electron chi connectivity index (χ2n) is 9.35. The molecule has 1 aliphatic heterocycles. The highest BCUT2D eigenvalue weighted by Gasteiger charge is 2.35. The monoisotopic (exact) mass is 518 g/mol. The van der Waals surface area contributed by atoms with Gasteiger partial charge in [-0.3, -0.25) is 9.69 Å². The molecule has 1 aliphatic rings. The minimum absolute atomic E-state index is 0.0147. The smallest absolute Gasteiger partial charge is 0.243 e. The Morgan fingerprint density at radius 1 is 1.11 bits per heavy atom. The van der Waals surface area contributed by atoms with Gasteiger partial charge in [-0.05, 0) is 82.2 Å². The lowest BCUT2D eigenvalue weighted by Crippen LogP contribution is -2.46. The van der Waals surface area contributed by atoms with Crippen LogP contribution in [-0.4, -0.2) is 68.8 Å². The van der Waals surface area contributed by atoms with Crippen molar-refractivity contribution >= 4 is 42.6 Å². The maximum absolute atomic E-state index is 13.7. The van der Waals surface area contributed by atoms with Crippen LogP contribution in [0.3, 0.4) is 0 Å². The number of rotatable bonds is 7. The normalized spacial score (nSPS) is 15.7. The molecule has 0 saturated carbocycles. The molecule has 0 atom stereocenters. The SMILES string of the molecule is Cc1cc(C)c2sc(N(CCN(C)C)C(=O)C3CCN(S(=O)(=O)c4ccc(F)cc4)CC3)nc2c1. The summed E-state index contributed by atoms with van der Waals surface area (Å²) in [5, 5.41) is 0.682. The summed E-state index contributed by atoms with van der Waals surface area (Å²) in [5.41, 5.74) is 3.17. The molecule has 1 amide bonds. The molecule has 2 aromatic carbocycles. The molecule has 7 nitrogen and oxygen atoms in total. The molecule has 1 fully saturated rings. The molecule has 4 rings (SSSR count). The highest BCUT2D eigenvalue weighted by Crippen LogP contribution is 2.34. The fourth-order valence-corrected chi connectivity index (χ4v) is 6.92. The van der Waals surface area contributed by atoms with E-state index in [1.54, 1.807) is 4.90 Å². The van der Waals surface area contributed by atoms with Gasteiger partial charge in [-0.25, -0.2) is 17.8 Å². The van der Waals surface area contributed by atoms with E-state index in [-0.39, 0.29) is 29.8 Å². The number of nitrogens with zero attached hydrogens (tertiary/aromatic N) is 4. The molecule has 0 spiro atoms. The number of anilines is 1. The van der Waals surface area contributed by atoms with Gasteiger partial charge in [0.2, 0.25) is 15.9 Å². The molecule has 0 unspecified atom stereocenters. The van der Waals surface area contributed by atoms with Gasteiger partial charge in [0.25, 0.3) is 0 Å². The van der Waals surface area contributed by atoms with Crippen molar-refractivity contribution in [2.75, 3.05) is 45.2 Å². The molecule has 0 radical (unpaired) electrons. The van der Waals surface area contributed by atoms with Crippen LogP contribution in [0.4, 0.5) is 9.52 Å². The minimum Gasteiger partial charge on any atom is -0.308 e. The molecule has 0 aliphatic carbocycles. The number of thiazole rings is 1. The number of sulfonamides is 1. The number of carbonyl (C=O) groups excluding carboxylic acids is 1. The molecule has 10 heteroatoms. The zero-order valence-corrected chi connectivity index (χ0v) is 22.1. The molecule has 0 N–H and O–H groups in total. The summed E-state index contributed by atoms with van der Waals surface area (Å²) in [4.78, 5) is 22.3. The van der Waals surface area contributed by atoms with Gasteiger partial charge in [-0.1, -0.05) is 17.4 Å². The number of hydrogen-bond acceptors (Lipinski definition) is 6. The quantitative estimate of drug-likeness (QED) is 0.472. The van der Waals surface area contributed by atoms with Gasteiger partial charge in [-0.2, -0.15) is 4.31 Å². The summed E-state index contributed by atoms with van der Waals surface area (Å²) in [6.45, 7) is 5.79. The number of amides is 1. The maximum Gasteiger partial charge on any atom is 0.243 e. The maximum atomic E-state index is 13.7. The number of piperidine rings is 1. The van der Waals surface area contributed by atoms with Crippen molar-refractivity contribution < 1.29 is 17.6 Å². The van der Waals surface area contributed by atoms with Crippen molar-refractivity contribution in [1.82, 2.24) is 14.2 Å². The summed E-state index contributed by atoms with van der Waals surface area (Å²) < 4.78 is 41.6. The van der Waals surface area contributed by atoms with Crippen LogP contribution >= 0.6 is 11.3 Å². The van der Waals surface area contributed by atoms with Crippen LogP contribution in [0.5, 0.6) is 0 Å². The highest BCUT2D eigenvalue weighted by molar-refractivity contribution is 7.89. The van der Waals surface area contributed by atoms with E-state index in [1.165, 1.54) is 27.8 Å². The first-order valence-electron chi connectivity index (χ1n) is 11.7. The number of likely N-dealkylation sites (N-methyl/N-ethyl adjacent to an activating group) is 1. The van der Waals surface area contributed by atoms with E-state index >= 15 is 0 Å². The van der Waals surface area contributed by atoms with Crippen molar-refractivity contribution in [3.05, 3.63) is 53.3 Å². The summed E-state index contributed by atoms with van der Waals surface area (Å²) in [6, 6.07) is 9.01. The molecular weight excluding hydrogens is 487 g/mol. The Morgan fingerprint density at radius 3 is 2.40 bits per heavy atom. The summed E-state index contributed by atoms with van der Waals surface area (Å²) in [6.07, 6.45) is 0.863. The fraction of sp³-hybridized carbons (Fsp3) is 0.440. The number of aryl methyl sites for hydroxylation is 2. The minimum atomic E-state index is -3.72. The third-order valence-electron chi connectivity index (χ3n) is 6.33. The van der Waals surface area contributed by atoms with Crippen LogP contribution in [0.1, 0.15) is 24.0 Å². The van der Waals surface area contributed by atoms with Gasteiger partial charge in [0.15, 0.2) is 5.13 Å². The third-order valence-corrected chi connectivity index (χ3v) is 9.47. The van der Waals surface area contributed by atoms with E-state index in [2.05, 4.69) is 13.0 Å². The lowest BCUT2D eigenvalue weighted by molar-refractivity contribution is -0.123. The number of aromatic nitrogens is 1. The van der Waals surface area contributed by atoms with Crippen molar-refractivity contribution in [3.63, 3.8) is 0 Å². The lowest BCUT2D eigenvalue weighted by atomic mass is 9.96. The topological polar surface area (TPSA) is 73.8 Å². The molecule has 1 saturated heterocycles. The predicted molar refractivity (Wildman–Crippen MR) is 138 cm³/mol. The highest BCUT2D eigenvalue weighted by atomic mass is 32.2. The van der Waals surface area contributed by atoms with Crippen LogP contribution in [0.25, 0.3) is 10.2 Å². The first-order chi connectivity index (χ1) is 16.6. The Morgan fingerprint density at radius 2 is 1.77 bits per heavy atom. The predicted octanol–water partition coefficient (Wildman–Crippen LogP) is 4.05. The summed E-state index contributed by atoms with van der Waals surface area (Å²) in [5.74, 6) is -0.781. The van der Waals surface area contributed by atoms with E-state index in [1.807, 2.05) is 32.0 Å². The molecule has 35 heavy (non-hydrogen) atoms. The second kappa shape index (κ2) is 10.3. The Labute approximate surface area is 210 Å². The van der Waals surface area contributed by atoms with E-state index in [0.29, 0.717) is 31.1 Å². The van der Waals surface area contributed by atoms with Crippen LogP contribution in [0, 0.1) is 25.6 Å². The molecular formula is C25H31FN4O3S2. The molecule has 188 valence electrons. The number of benzene rings is 2. The largest absolute Gasteiger partial charge is 0.308 e. The summed E-state index contributed by atoms with van der Waals surface area (Å²) >= 11 is 1.53. The first kappa shape index (κ1) is 25.7. The van der Waals surface area contributed by atoms with Crippen molar-refractivity contribution in [2.24, 2.45) is 5.92 Å². The Bertz CT molecular complexity index is 1310. The van der Waals surface area contributed by atoms with E-state index in [9.17, 15) is 17.6 Å². The average Bonchev–Trinajstić information content (AvgIpc) is 3.23. The molecule has 2 heterocycles. The molecule has 0 bridgehead atoms. The van der Waals surface area contributed by atoms with Gasteiger partial charge >= 0.3 is 0 Å². The Kier molecular flexibility index (Phi) is 7.56. The number of carbonyl (C=O) groups is 1. The van der Waals surface area contributed by atoms with E-state index < -0.39 is 15.8 Å². The number of hydrogen-bond donors (Lipinski definition) is 0. The standard InChI is InChI=1S/C25H31FN4O3S2/c1-17-15-18(2)23-22(16-17)27-25(34-23)30(14-13-28(3)4)24(31)19-9-11-29(12-10-19)35(32,33)21-7-5-20(26)6-8-21/h5-8,15-16,19H,9-14H2,1-4H3. The Balaban J connectivity index is 1.52. The fourth-order valence-electron chi connectivity index (χ4n) is 4.40. The third kappa shape index (κ3) is 5.55. The van der Waals surface area contributed by atoms with Crippen molar-refractivity contribution in [3.8, 4) is 0 Å². The Hall–Kier alpha value is -2.40. The summed E-state index contributed by atoms with van der Waals surface area (Å²) in [7, 11) is 0.208. The van der Waals surface area contributed by atoms with Gasteiger partial charge in [-0.15, -0.1) is 0 Å². The van der Waals surface area contributed by atoms with Crippen LogP contribution in [0.2, 0.25) is 0 Å². The zero-order valence-electron chi connectivity index (χ0n) is 20.5. The molecule has 1 aromatic heterocycles. The van der Waals surface area contributed by atoms with Crippen LogP contribution in [-0.2, 0) is 14.8 Å².